The minimum Gasteiger partial charge on any atom is -0.875 e. The van der Waals surface area contributed by atoms with E-state index >= 15 is 0 Å². The van der Waals surface area contributed by atoms with Crippen LogP contribution in [0, 0.1) is 0 Å². The zero-order chi connectivity index (χ0) is 19.4. The Kier molecular flexibility index (Phi) is 12.1. The van der Waals surface area contributed by atoms with Gasteiger partial charge in [-0.25, -0.2) is 0 Å². The number of hydrogen-bond donors (Lipinski definition) is 2. The summed E-state index contributed by atoms with van der Waals surface area (Å²) in [4.78, 5) is 20.3. The van der Waals surface area contributed by atoms with E-state index in [1.54, 1.807) is 54.7 Å². The van der Waals surface area contributed by atoms with Crippen LogP contribution in [0.2, 0.25) is 0 Å². The molecule has 27 heavy (non-hydrogen) atoms. The van der Waals surface area contributed by atoms with E-state index in [-0.39, 0.29) is 47.8 Å². The average Bonchev–Trinajstić information content (AvgIpc) is 3.30. The maximum Gasteiger partial charge on any atom is 2.00 e. The Morgan fingerprint density at radius 1 is 0.815 bits per heavy atom. The fraction of sp³-hybridized carbons (Fsp3) is 0.200. The summed E-state index contributed by atoms with van der Waals surface area (Å²) in [6.45, 7) is 0. The van der Waals surface area contributed by atoms with Gasteiger partial charge in [-0.15, -0.1) is 11.5 Å². The van der Waals surface area contributed by atoms with Crippen LogP contribution in [0.3, 0.4) is 0 Å². The van der Waals surface area contributed by atoms with Gasteiger partial charge in [-0.2, -0.15) is 0 Å². The number of carboxylic acid groups (broad SMARTS) is 2. The van der Waals surface area contributed by atoms with Crippen molar-refractivity contribution in [3.05, 3.63) is 83.4 Å². The average molecular weight is 412 g/mol. The molecule has 0 aromatic heterocycles. The third-order valence-corrected chi connectivity index (χ3v) is 3.29. The number of allylic oxidation sites excluding steroid dienone is 13. The van der Waals surface area contributed by atoms with Gasteiger partial charge in [-0.05, 0) is 24.0 Å². The van der Waals surface area contributed by atoms with Gasteiger partial charge >= 0.3 is 29.0 Å². The maximum atomic E-state index is 11.3. The smallest absolute Gasteiger partial charge is 0.875 e. The minimum absolute atomic E-state index is 0. The van der Waals surface area contributed by atoms with Crippen LogP contribution in [0.15, 0.2) is 83.4 Å². The molecule has 0 unspecified atom stereocenters. The quantitative estimate of drug-likeness (QED) is 0.486. The molecule has 0 atom stereocenters. The fourth-order valence-corrected chi connectivity index (χ4v) is 1.96. The Balaban J connectivity index is 0.000000488. The first-order valence-electron chi connectivity index (χ1n) is 8.01. The monoisotopic (exact) mass is 412 g/mol. The predicted octanol–water partition coefficient (Wildman–Crippen LogP) is 1.74. The Bertz CT molecular complexity index is 708. The summed E-state index contributed by atoms with van der Waals surface area (Å²) in [5.41, 5.74) is 1.23. The first-order valence-corrected chi connectivity index (χ1v) is 8.01. The van der Waals surface area contributed by atoms with Gasteiger partial charge in [0.05, 0.1) is 0 Å². The first-order chi connectivity index (χ1) is 12.4. The molecule has 0 aromatic rings. The van der Waals surface area contributed by atoms with Gasteiger partial charge in [0.15, 0.2) is 0 Å². The van der Waals surface area contributed by atoms with E-state index < -0.39 is 11.9 Å². The summed E-state index contributed by atoms with van der Waals surface area (Å²) in [5.74, 6) is -1.98. The number of hydrogen-bond acceptors (Lipinski definition) is 4. The molecular formula is C20H20FeO6. The third-order valence-electron chi connectivity index (χ3n) is 3.29. The van der Waals surface area contributed by atoms with Gasteiger partial charge in [-0.1, -0.05) is 60.8 Å². The topological polar surface area (TPSA) is 121 Å². The van der Waals surface area contributed by atoms with Crippen molar-refractivity contribution in [1.29, 1.82) is 0 Å². The van der Waals surface area contributed by atoms with E-state index in [1.165, 1.54) is 6.08 Å². The molecule has 0 aliphatic heterocycles. The largest absolute Gasteiger partial charge is 2.00 e. The van der Waals surface area contributed by atoms with Gasteiger partial charge in [0.1, 0.15) is 0 Å². The summed E-state index contributed by atoms with van der Waals surface area (Å²) in [5, 5.41) is 39.1. The molecule has 2 aliphatic carbocycles. The van der Waals surface area contributed by atoms with Gasteiger partial charge in [0.2, 0.25) is 0 Å². The molecule has 0 saturated carbocycles. The van der Waals surface area contributed by atoms with Crippen LogP contribution in [0.1, 0.15) is 25.7 Å². The fourth-order valence-electron chi connectivity index (χ4n) is 1.96. The molecule has 0 bridgehead atoms. The van der Waals surface area contributed by atoms with E-state index in [9.17, 15) is 19.8 Å². The van der Waals surface area contributed by atoms with E-state index in [4.69, 9.17) is 10.2 Å². The SMILES string of the molecule is O=C(O)CCC([O-])=C1C=CC=C1.O=C(O)CCC=CC([O-])=C1C=CC=C1.[Fe+2]. The van der Waals surface area contributed by atoms with Crippen molar-refractivity contribution in [2.24, 2.45) is 0 Å². The molecule has 0 radical (unpaired) electrons. The molecule has 0 amide bonds. The van der Waals surface area contributed by atoms with Gasteiger partial charge < -0.3 is 20.4 Å². The third kappa shape index (κ3) is 10.7. The summed E-state index contributed by atoms with van der Waals surface area (Å²) >= 11 is 0. The molecule has 7 heteroatoms. The summed E-state index contributed by atoms with van der Waals surface area (Å²) in [6, 6.07) is 0. The van der Waals surface area contributed by atoms with Crippen molar-refractivity contribution in [2.75, 3.05) is 0 Å². The Labute approximate surface area is 168 Å². The zero-order valence-electron chi connectivity index (χ0n) is 14.5. The van der Waals surface area contributed by atoms with Crippen molar-refractivity contribution in [2.45, 2.75) is 25.7 Å². The predicted molar refractivity (Wildman–Crippen MR) is 93.5 cm³/mol. The zero-order valence-corrected chi connectivity index (χ0v) is 15.6. The van der Waals surface area contributed by atoms with Crippen LogP contribution in [0.4, 0.5) is 0 Å². The molecular weight excluding hydrogens is 392 g/mol. The van der Waals surface area contributed by atoms with Crippen LogP contribution in [-0.2, 0) is 26.7 Å². The van der Waals surface area contributed by atoms with Crippen LogP contribution >= 0.6 is 0 Å². The molecule has 2 N–H and O–H groups in total. The maximum absolute atomic E-state index is 11.3. The van der Waals surface area contributed by atoms with Crippen molar-refractivity contribution in [1.82, 2.24) is 0 Å². The van der Waals surface area contributed by atoms with Crippen LogP contribution < -0.4 is 10.2 Å². The van der Waals surface area contributed by atoms with Crippen molar-refractivity contribution in [3.8, 4) is 0 Å². The molecule has 0 fully saturated rings. The van der Waals surface area contributed by atoms with Crippen molar-refractivity contribution < 1.29 is 47.1 Å². The summed E-state index contributed by atoms with van der Waals surface area (Å²) in [6.07, 6.45) is 17.4. The Hall–Kier alpha value is -2.76. The number of carboxylic acids is 2. The second-order valence-electron chi connectivity index (χ2n) is 5.36. The number of carbonyl (C=O) groups is 2. The number of aliphatic carboxylic acids is 2. The van der Waals surface area contributed by atoms with E-state index in [0.29, 0.717) is 17.6 Å². The Morgan fingerprint density at radius 2 is 1.30 bits per heavy atom. The molecule has 0 aromatic carbocycles. The molecule has 6 nitrogen and oxygen atoms in total. The van der Waals surface area contributed by atoms with E-state index in [2.05, 4.69) is 0 Å². The van der Waals surface area contributed by atoms with Crippen LogP contribution in [0.25, 0.3) is 0 Å². The second-order valence-corrected chi connectivity index (χ2v) is 5.36. The van der Waals surface area contributed by atoms with Gasteiger partial charge in [-0.3, -0.25) is 9.59 Å². The number of rotatable bonds is 7. The van der Waals surface area contributed by atoms with Crippen LogP contribution in [-0.4, -0.2) is 22.2 Å². The van der Waals surface area contributed by atoms with Gasteiger partial charge in [0, 0.05) is 12.8 Å². The van der Waals surface area contributed by atoms with E-state index in [1.807, 2.05) is 0 Å². The molecule has 2 aliphatic rings. The summed E-state index contributed by atoms with van der Waals surface area (Å²) in [7, 11) is 0. The minimum atomic E-state index is -0.935. The van der Waals surface area contributed by atoms with Crippen LogP contribution in [0.5, 0.6) is 0 Å². The molecule has 144 valence electrons. The van der Waals surface area contributed by atoms with Crippen molar-refractivity contribution >= 4 is 11.9 Å². The van der Waals surface area contributed by atoms with Crippen molar-refractivity contribution in [3.63, 3.8) is 0 Å². The first kappa shape index (κ1) is 24.2. The summed E-state index contributed by atoms with van der Waals surface area (Å²) < 4.78 is 0. The Morgan fingerprint density at radius 3 is 1.78 bits per heavy atom. The van der Waals surface area contributed by atoms with E-state index in [0.717, 1.165) is 0 Å². The normalized spacial score (nSPS) is 13.5. The standard InChI is InChI=1S/C11H12O3.C9H10O3.Fe/c12-10(9-5-1-2-6-9)7-3-4-8-11(13)14;10-8(5-6-9(11)12)7-3-1-2-4-7;/h1-3,5-7,12H,4,8H2,(H,13,14);1-4,10H,5-6H2,(H,11,12);/q;;+2/p-2. The molecule has 0 heterocycles. The van der Waals surface area contributed by atoms with Gasteiger partial charge in [0.25, 0.3) is 0 Å². The molecule has 0 spiro atoms. The second kappa shape index (κ2) is 13.4. The molecule has 2 rings (SSSR count). The molecule has 0 saturated heterocycles.